The predicted octanol–water partition coefficient (Wildman–Crippen LogP) is 2.09. The predicted molar refractivity (Wildman–Crippen MR) is 121 cm³/mol. The van der Waals surface area contributed by atoms with Gasteiger partial charge in [0.05, 0.1) is 6.54 Å². The fraction of sp³-hybridized carbons (Fsp3) is 0.348. The standard InChI is InChI=1S/C23H31N5O2/c1-4-25-22(30)19-11-9-18(10-12-19)16-28-23(26-5-2)27-14-13-17-7-6-8-20(15-17)21(29)24-3/h6-12,15H,4-5,13-14,16H2,1-3H3,(H,24,29)(H,25,30)(H2,26,27,28). The van der Waals surface area contributed by atoms with E-state index in [4.69, 9.17) is 0 Å². The second-order valence-electron chi connectivity index (χ2n) is 6.71. The molecule has 0 fully saturated rings. The Bertz CT molecular complexity index is 862. The summed E-state index contributed by atoms with van der Waals surface area (Å²) >= 11 is 0. The van der Waals surface area contributed by atoms with E-state index in [-0.39, 0.29) is 11.8 Å². The van der Waals surface area contributed by atoms with Crippen molar-refractivity contribution in [2.75, 3.05) is 26.7 Å². The lowest BCUT2D eigenvalue weighted by atomic mass is 10.1. The third kappa shape index (κ3) is 7.24. The summed E-state index contributed by atoms with van der Waals surface area (Å²) in [7, 11) is 1.63. The molecular formula is C23H31N5O2. The topological polar surface area (TPSA) is 94.6 Å². The molecule has 2 amide bonds. The molecule has 7 heteroatoms. The van der Waals surface area contributed by atoms with E-state index in [2.05, 4.69) is 26.3 Å². The maximum atomic E-state index is 11.8. The Morgan fingerprint density at radius 2 is 1.57 bits per heavy atom. The van der Waals surface area contributed by atoms with Crippen LogP contribution in [0.25, 0.3) is 0 Å². The fourth-order valence-corrected chi connectivity index (χ4v) is 2.87. The Balaban J connectivity index is 1.91. The summed E-state index contributed by atoms with van der Waals surface area (Å²) < 4.78 is 0. The van der Waals surface area contributed by atoms with Crippen LogP contribution in [0.15, 0.2) is 53.5 Å². The zero-order chi connectivity index (χ0) is 21.8. The lowest BCUT2D eigenvalue weighted by Gasteiger charge is -2.12. The van der Waals surface area contributed by atoms with Crippen molar-refractivity contribution in [1.82, 2.24) is 21.3 Å². The molecule has 0 heterocycles. The van der Waals surface area contributed by atoms with Gasteiger partial charge in [-0.1, -0.05) is 24.3 Å². The first-order valence-electron chi connectivity index (χ1n) is 10.3. The number of nitrogens with one attached hydrogen (secondary N) is 4. The van der Waals surface area contributed by atoms with Crippen molar-refractivity contribution in [2.24, 2.45) is 4.99 Å². The monoisotopic (exact) mass is 409 g/mol. The average Bonchev–Trinajstić information content (AvgIpc) is 2.77. The van der Waals surface area contributed by atoms with Crippen molar-refractivity contribution in [3.05, 3.63) is 70.8 Å². The first-order chi connectivity index (χ1) is 14.6. The molecule has 0 atom stereocenters. The molecule has 30 heavy (non-hydrogen) atoms. The lowest BCUT2D eigenvalue weighted by molar-refractivity contribution is 0.0950. The molecule has 0 radical (unpaired) electrons. The molecule has 0 saturated heterocycles. The number of hydrogen-bond donors (Lipinski definition) is 4. The Labute approximate surface area is 178 Å². The van der Waals surface area contributed by atoms with E-state index in [1.807, 2.05) is 56.3 Å². The van der Waals surface area contributed by atoms with Crippen LogP contribution in [0, 0.1) is 0 Å². The number of aliphatic imine (C=N–C) groups is 1. The van der Waals surface area contributed by atoms with Crippen molar-refractivity contribution in [3.63, 3.8) is 0 Å². The molecule has 0 unspecified atom stereocenters. The molecule has 0 saturated carbocycles. The summed E-state index contributed by atoms with van der Waals surface area (Å²) in [5.41, 5.74) is 3.42. The van der Waals surface area contributed by atoms with E-state index >= 15 is 0 Å². The van der Waals surface area contributed by atoms with Crippen LogP contribution in [0.1, 0.15) is 45.7 Å². The van der Waals surface area contributed by atoms with Crippen LogP contribution in [-0.2, 0) is 13.0 Å². The first kappa shape index (κ1) is 22.9. The molecule has 0 aliphatic heterocycles. The Hall–Kier alpha value is -3.35. The maximum Gasteiger partial charge on any atom is 0.251 e. The highest BCUT2D eigenvalue weighted by atomic mass is 16.2. The van der Waals surface area contributed by atoms with E-state index in [1.165, 1.54) is 0 Å². The summed E-state index contributed by atoms with van der Waals surface area (Å²) in [6.45, 7) is 6.49. The SMILES string of the molecule is CCNC(=O)c1ccc(CN=C(NCC)NCCc2cccc(C(=O)NC)c2)cc1. The van der Waals surface area contributed by atoms with E-state index in [1.54, 1.807) is 13.1 Å². The molecule has 0 spiro atoms. The van der Waals surface area contributed by atoms with Gasteiger partial charge < -0.3 is 21.3 Å². The van der Waals surface area contributed by atoms with Gasteiger partial charge in [-0.25, -0.2) is 4.99 Å². The Morgan fingerprint density at radius 3 is 2.23 bits per heavy atom. The van der Waals surface area contributed by atoms with Gasteiger partial charge in [-0.05, 0) is 55.7 Å². The molecule has 2 rings (SSSR count). The maximum absolute atomic E-state index is 11.8. The van der Waals surface area contributed by atoms with Gasteiger partial charge in [-0.15, -0.1) is 0 Å². The minimum absolute atomic E-state index is 0.0666. The van der Waals surface area contributed by atoms with Crippen LogP contribution >= 0.6 is 0 Å². The van der Waals surface area contributed by atoms with Gasteiger partial charge in [-0.2, -0.15) is 0 Å². The van der Waals surface area contributed by atoms with Crippen molar-refractivity contribution >= 4 is 17.8 Å². The molecule has 160 valence electrons. The van der Waals surface area contributed by atoms with Crippen LogP contribution < -0.4 is 21.3 Å². The number of rotatable bonds is 9. The smallest absolute Gasteiger partial charge is 0.251 e. The molecule has 4 N–H and O–H groups in total. The molecule has 0 aliphatic carbocycles. The Morgan fingerprint density at radius 1 is 0.833 bits per heavy atom. The van der Waals surface area contributed by atoms with Gasteiger partial charge in [0.1, 0.15) is 0 Å². The molecule has 7 nitrogen and oxygen atoms in total. The van der Waals surface area contributed by atoms with Crippen LogP contribution in [-0.4, -0.2) is 44.5 Å². The second-order valence-corrected chi connectivity index (χ2v) is 6.71. The van der Waals surface area contributed by atoms with Gasteiger partial charge in [0.15, 0.2) is 5.96 Å². The number of carbonyl (C=O) groups excluding carboxylic acids is 2. The summed E-state index contributed by atoms with van der Waals surface area (Å²) in [6, 6.07) is 15.1. The molecule has 2 aromatic carbocycles. The quantitative estimate of drug-likeness (QED) is 0.377. The van der Waals surface area contributed by atoms with Gasteiger partial charge in [0.25, 0.3) is 11.8 Å². The number of amides is 2. The van der Waals surface area contributed by atoms with Gasteiger partial charge >= 0.3 is 0 Å². The number of nitrogens with zero attached hydrogens (tertiary/aromatic N) is 1. The van der Waals surface area contributed by atoms with Gasteiger partial charge in [0, 0.05) is 37.8 Å². The van der Waals surface area contributed by atoms with Crippen LogP contribution in [0.2, 0.25) is 0 Å². The van der Waals surface area contributed by atoms with Crippen LogP contribution in [0.3, 0.4) is 0 Å². The summed E-state index contributed by atoms with van der Waals surface area (Å²) in [6.07, 6.45) is 0.774. The third-order valence-electron chi connectivity index (χ3n) is 4.44. The molecule has 0 aliphatic rings. The number of guanidine groups is 1. The minimum atomic E-state index is -0.0853. The molecule has 2 aromatic rings. The van der Waals surface area contributed by atoms with Crippen molar-refractivity contribution < 1.29 is 9.59 Å². The van der Waals surface area contributed by atoms with Crippen molar-refractivity contribution in [2.45, 2.75) is 26.8 Å². The zero-order valence-electron chi connectivity index (χ0n) is 17.9. The number of benzene rings is 2. The van der Waals surface area contributed by atoms with E-state index < -0.39 is 0 Å². The fourth-order valence-electron chi connectivity index (χ4n) is 2.87. The molecular weight excluding hydrogens is 378 g/mol. The van der Waals surface area contributed by atoms with Crippen LogP contribution in [0.5, 0.6) is 0 Å². The zero-order valence-corrected chi connectivity index (χ0v) is 17.9. The summed E-state index contributed by atoms with van der Waals surface area (Å²) in [4.78, 5) is 28.2. The minimum Gasteiger partial charge on any atom is -0.357 e. The highest BCUT2D eigenvalue weighted by Gasteiger charge is 2.05. The average molecular weight is 410 g/mol. The van der Waals surface area contributed by atoms with Crippen LogP contribution in [0.4, 0.5) is 0 Å². The molecule has 0 bridgehead atoms. The van der Waals surface area contributed by atoms with Crippen molar-refractivity contribution in [1.29, 1.82) is 0 Å². The van der Waals surface area contributed by atoms with Crippen molar-refractivity contribution in [3.8, 4) is 0 Å². The van der Waals surface area contributed by atoms with E-state index in [0.717, 1.165) is 30.1 Å². The number of hydrogen-bond acceptors (Lipinski definition) is 3. The Kier molecular flexibility index (Phi) is 9.37. The van der Waals surface area contributed by atoms with E-state index in [0.29, 0.717) is 30.8 Å². The van der Waals surface area contributed by atoms with Gasteiger partial charge in [0.2, 0.25) is 0 Å². The normalized spacial score (nSPS) is 11.0. The highest BCUT2D eigenvalue weighted by Crippen LogP contribution is 2.07. The lowest BCUT2D eigenvalue weighted by Crippen LogP contribution is -2.38. The second kappa shape index (κ2) is 12.3. The highest BCUT2D eigenvalue weighted by molar-refractivity contribution is 5.94. The largest absolute Gasteiger partial charge is 0.357 e. The molecule has 0 aromatic heterocycles. The third-order valence-corrected chi connectivity index (χ3v) is 4.44. The van der Waals surface area contributed by atoms with E-state index in [9.17, 15) is 9.59 Å². The first-order valence-corrected chi connectivity index (χ1v) is 10.3. The summed E-state index contributed by atoms with van der Waals surface area (Å²) in [5.74, 6) is 0.578. The summed E-state index contributed by atoms with van der Waals surface area (Å²) in [5, 5.41) is 12.0. The van der Waals surface area contributed by atoms with Gasteiger partial charge in [-0.3, -0.25) is 9.59 Å². The number of carbonyl (C=O) groups is 2.